The molecule has 2 aromatic rings. The van der Waals surface area contributed by atoms with Crippen LogP contribution >= 0.6 is 11.3 Å². The summed E-state index contributed by atoms with van der Waals surface area (Å²) in [5.41, 5.74) is 0. The predicted octanol–water partition coefficient (Wildman–Crippen LogP) is 2.40. The molecule has 0 spiro atoms. The Morgan fingerprint density at radius 3 is 2.69 bits per heavy atom. The van der Waals surface area contributed by atoms with Crippen molar-refractivity contribution < 1.29 is 13.2 Å². The number of hydrogen-bond acceptors (Lipinski definition) is 7. The molecular weight excluding hydrogens is 372 g/mol. The fourth-order valence-corrected chi connectivity index (χ4v) is 5.78. The van der Waals surface area contributed by atoms with Gasteiger partial charge < -0.3 is 9.64 Å². The van der Waals surface area contributed by atoms with Crippen molar-refractivity contribution in [2.24, 2.45) is 0 Å². The molecule has 0 aromatic carbocycles. The molecule has 3 heterocycles. The zero-order chi connectivity index (χ0) is 18.7. The second kappa shape index (κ2) is 7.89. The molecule has 0 radical (unpaired) electrons. The SMILES string of the molecule is CCc1ccc(S(=O)(=O)N2CCCC(Oc3ccc(N(C)C)nn3)C2)s1. The Labute approximate surface area is 158 Å². The zero-order valence-corrected chi connectivity index (χ0v) is 16.9. The van der Waals surface area contributed by atoms with Crippen molar-refractivity contribution >= 4 is 27.2 Å². The van der Waals surface area contributed by atoms with E-state index in [9.17, 15) is 8.42 Å². The summed E-state index contributed by atoms with van der Waals surface area (Å²) in [7, 11) is 0.318. The number of anilines is 1. The third-order valence-electron chi connectivity index (χ3n) is 4.29. The normalized spacial score (nSPS) is 18.7. The minimum Gasteiger partial charge on any atom is -0.472 e. The van der Waals surface area contributed by atoms with E-state index >= 15 is 0 Å². The van der Waals surface area contributed by atoms with Crippen LogP contribution in [0.5, 0.6) is 5.88 Å². The number of ether oxygens (including phenoxy) is 1. The maximum Gasteiger partial charge on any atom is 0.252 e. The summed E-state index contributed by atoms with van der Waals surface area (Å²) >= 11 is 1.35. The predicted molar refractivity (Wildman–Crippen MR) is 102 cm³/mol. The maximum absolute atomic E-state index is 12.9. The Hall–Kier alpha value is -1.71. The van der Waals surface area contributed by atoms with Crippen molar-refractivity contribution in [1.82, 2.24) is 14.5 Å². The van der Waals surface area contributed by atoms with Gasteiger partial charge in [-0.05, 0) is 37.5 Å². The Morgan fingerprint density at radius 1 is 1.27 bits per heavy atom. The molecule has 2 aromatic heterocycles. The highest BCUT2D eigenvalue weighted by Gasteiger charge is 2.32. The highest BCUT2D eigenvalue weighted by atomic mass is 32.2. The van der Waals surface area contributed by atoms with Crippen LogP contribution in [-0.2, 0) is 16.4 Å². The lowest BCUT2D eigenvalue weighted by molar-refractivity contribution is 0.123. The number of piperidine rings is 1. The Kier molecular flexibility index (Phi) is 5.79. The number of hydrogen-bond donors (Lipinski definition) is 0. The van der Waals surface area contributed by atoms with Gasteiger partial charge >= 0.3 is 0 Å². The average molecular weight is 397 g/mol. The topological polar surface area (TPSA) is 75.6 Å². The van der Waals surface area contributed by atoms with E-state index in [1.54, 1.807) is 12.1 Å². The quantitative estimate of drug-likeness (QED) is 0.746. The van der Waals surface area contributed by atoms with Crippen LogP contribution in [0.3, 0.4) is 0 Å². The number of sulfonamides is 1. The van der Waals surface area contributed by atoms with E-state index in [1.807, 2.05) is 38.1 Å². The molecule has 1 aliphatic heterocycles. The Bertz CT molecular complexity index is 834. The van der Waals surface area contributed by atoms with Crippen LogP contribution in [0.25, 0.3) is 0 Å². The van der Waals surface area contributed by atoms with E-state index in [2.05, 4.69) is 10.2 Å². The van der Waals surface area contributed by atoms with E-state index in [1.165, 1.54) is 15.6 Å². The standard InChI is InChI=1S/C17H24N4O3S2/c1-4-14-7-10-17(25-14)26(22,23)21-11-5-6-13(12-21)24-16-9-8-15(18-19-16)20(2)3/h7-10,13H,4-6,11-12H2,1-3H3. The smallest absolute Gasteiger partial charge is 0.252 e. The summed E-state index contributed by atoms with van der Waals surface area (Å²) in [5, 5.41) is 8.17. The zero-order valence-electron chi connectivity index (χ0n) is 15.3. The van der Waals surface area contributed by atoms with Crippen molar-refractivity contribution in [3.8, 4) is 5.88 Å². The average Bonchev–Trinajstić information content (AvgIpc) is 3.12. The van der Waals surface area contributed by atoms with Gasteiger partial charge in [0, 0.05) is 31.6 Å². The van der Waals surface area contributed by atoms with Gasteiger partial charge in [-0.15, -0.1) is 21.5 Å². The van der Waals surface area contributed by atoms with Crippen molar-refractivity contribution in [2.45, 2.75) is 36.5 Å². The van der Waals surface area contributed by atoms with E-state index in [4.69, 9.17) is 4.74 Å². The molecule has 142 valence electrons. The molecular formula is C17H24N4O3S2. The molecule has 0 amide bonds. The van der Waals surface area contributed by atoms with Gasteiger partial charge in [0.25, 0.3) is 10.0 Å². The number of aryl methyl sites for hydroxylation is 1. The van der Waals surface area contributed by atoms with Crippen LogP contribution in [0.2, 0.25) is 0 Å². The lowest BCUT2D eigenvalue weighted by atomic mass is 10.1. The van der Waals surface area contributed by atoms with Crippen LogP contribution in [-0.4, -0.2) is 56.2 Å². The molecule has 7 nitrogen and oxygen atoms in total. The largest absolute Gasteiger partial charge is 0.472 e. The monoisotopic (exact) mass is 396 g/mol. The number of aromatic nitrogens is 2. The molecule has 9 heteroatoms. The molecule has 3 rings (SSSR count). The fraction of sp³-hybridized carbons (Fsp3) is 0.529. The van der Waals surface area contributed by atoms with Crippen LogP contribution in [0.4, 0.5) is 5.82 Å². The lowest BCUT2D eigenvalue weighted by Gasteiger charge is -2.31. The van der Waals surface area contributed by atoms with Crippen LogP contribution in [0.1, 0.15) is 24.6 Å². The van der Waals surface area contributed by atoms with Gasteiger partial charge in [0.1, 0.15) is 10.3 Å². The van der Waals surface area contributed by atoms with Crippen molar-refractivity contribution in [3.05, 3.63) is 29.1 Å². The van der Waals surface area contributed by atoms with E-state index in [-0.39, 0.29) is 6.10 Å². The molecule has 1 aliphatic rings. The van der Waals surface area contributed by atoms with Crippen molar-refractivity contribution in [3.63, 3.8) is 0 Å². The number of nitrogens with zero attached hydrogens (tertiary/aromatic N) is 4. The van der Waals surface area contributed by atoms with Gasteiger partial charge in [-0.1, -0.05) is 6.92 Å². The first kappa shape index (κ1) is 19.1. The highest BCUT2D eigenvalue weighted by molar-refractivity contribution is 7.91. The van der Waals surface area contributed by atoms with Crippen LogP contribution in [0, 0.1) is 0 Å². The molecule has 1 fully saturated rings. The first-order valence-electron chi connectivity index (χ1n) is 8.66. The third kappa shape index (κ3) is 4.16. The summed E-state index contributed by atoms with van der Waals surface area (Å²) in [4.78, 5) is 2.93. The van der Waals surface area contributed by atoms with E-state index in [0.29, 0.717) is 23.2 Å². The van der Waals surface area contributed by atoms with E-state index < -0.39 is 10.0 Å². The summed E-state index contributed by atoms with van der Waals surface area (Å²) < 4.78 is 33.6. The van der Waals surface area contributed by atoms with Gasteiger partial charge in [0.05, 0.1) is 6.54 Å². The Balaban J connectivity index is 1.68. The van der Waals surface area contributed by atoms with Gasteiger partial charge in [-0.25, -0.2) is 8.42 Å². The van der Waals surface area contributed by atoms with Crippen molar-refractivity contribution in [1.29, 1.82) is 0 Å². The highest BCUT2D eigenvalue weighted by Crippen LogP contribution is 2.28. The minimum absolute atomic E-state index is 0.219. The third-order valence-corrected chi connectivity index (χ3v) is 7.85. The number of thiophene rings is 1. The summed E-state index contributed by atoms with van der Waals surface area (Å²) in [6.07, 6.45) is 2.18. The lowest BCUT2D eigenvalue weighted by Crippen LogP contribution is -2.44. The number of rotatable bonds is 6. The molecule has 0 aliphatic carbocycles. The Morgan fingerprint density at radius 2 is 2.08 bits per heavy atom. The van der Waals surface area contributed by atoms with Crippen LogP contribution < -0.4 is 9.64 Å². The second-order valence-corrected chi connectivity index (χ2v) is 9.78. The van der Waals surface area contributed by atoms with Crippen LogP contribution in [0.15, 0.2) is 28.5 Å². The molecule has 1 unspecified atom stereocenters. The molecule has 0 saturated carbocycles. The van der Waals surface area contributed by atoms with Gasteiger partial charge in [-0.3, -0.25) is 0 Å². The maximum atomic E-state index is 12.9. The molecule has 1 saturated heterocycles. The minimum atomic E-state index is -3.47. The molecule has 0 N–H and O–H groups in total. The fourth-order valence-electron chi connectivity index (χ4n) is 2.82. The summed E-state index contributed by atoms with van der Waals surface area (Å²) in [5.74, 6) is 1.17. The van der Waals surface area contributed by atoms with Gasteiger partial charge in [0.15, 0.2) is 5.82 Å². The second-order valence-electron chi connectivity index (χ2n) is 6.44. The molecule has 1 atom stereocenters. The summed E-state index contributed by atoms with van der Waals surface area (Å²) in [6.45, 7) is 2.88. The molecule has 0 bridgehead atoms. The molecule has 26 heavy (non-hydrogen) atoms. The van der Waals surface area contributed by atoms with Gasteiger partial charge in [-0.2, -0.15) is 4.31 Å². The van der Waals surface area contributed by atoms with E-state index in [0.717, 1.165) is 30.0 Å². The first-order chi connectivity index (χ1) is 12.4. The van der Waals surface area contributed by atoms with Crippen molar-refractivity contribution in [2.75, 3.05) is 32.1 Å². The van der Waals surface area contributed by atoms with Gasteiger partial charge in [0.2, 0.25) is 5.88 Å². The summed E-state index contributed by atoms with van der Waals surface area (Å²) in [6, 6.07) is 7.19. The first-order valence-corrected chi connectivity index (χ1v) is 10.9.